The van der Waals surface area contributed by atoms with E-state index < -0.39 is 10.1 Å². The summed E-state index contributed by atoms with van der Waals surface area (Å²) in [6, 6.07) is 7.27. The van der Waals surface area contributed by atoms with Crippen LogP contribution in [0.5, 0.6) is 0 Å². The molecule has 0 aliphatic heterocycles. The lowest BCUT2D eigenvalue weighted by Crippen LogP contribution is -2.06. The van der Waals surface area contributed by atoms with E-state index >= 15 is 0 Å². The predicted octanol–water partition coefficient (Wildman–Crippen LogP) is 1.86. The molecular formula is C9H11ClO3S. The summed E-state index contributed by atoms with van der Waals surface area (Å²) in [6.45, 7) is 0.128. The third-order valence-corrected chi connectivity index (χ3v) is 2.59. The molecule has 0 aromatic heterocycles. The fourth-order valence-electron chi connectivity index (χ4n) is 1.00. The average molecular weight is 235 g/mol. The van der Waals surface area contributed by atoms with Gasteiger partial charge in [0.1, 0.15) is 0 Å². The molecule has 0 saturated carbocycles. The lowest BCUT2D eigenvalue weighted by Gasteiger charge is -2.03. The molecule has 0 bridgehead atoms. The van der Waals surface area contributed by atoms with Crippen LogP contribution in [0.3, 0.4) is 0 Å². The highest BCUT2D eigenvalue weighted by atomic mass is 35.5. The molecule has 0 N–H and O–H groups in total. The SMILES string of the molecule is CS(=O)(=O)OCCc1ccccc1Cl. The second kappa shape index (κ2) is 4.77. The maximum Gasteiger partial charge on any atom is 0.264 e. The van der Waals surface area contributed by atoms with Gasteiger partial charge in [0, 0.05) is 5.02 Å². The second-order valence-electron chi connectivity index (χ2n) is 2.87. The molecule has 1 rings (SSSR count). The molecule has 78 valence electrons. The van der Waals surface area contributed by atoms with E-state index in [4.69, 9.17) is 11.6 Å². The van der Waals surface area contributed by atoms with Gasteiger partial charge in [0.15, 0.2) is 0 Å². The minimum atomic E-state index is -3.35. The van der Waals surface area contributed by atoms with Crippen LogP contribution in [-0.2, 0) is 20.7 Å². The Hall–Kier alpha value is -0.580. The van der Waals surface area contributed by atoms with Crippen LogP contribution in [0.4, 0.5) is 0 Å². The van der Waals surface area contributed by atoms with Crippen LogP contribution >= 0.6 is 11.6 Å². The van der Waals surface area contributed by atoms with Crippen molar-refractivity contribution in [3.8, 4) is 0 Å². The average Bonchev–Trinajstić information content (AvgIpc) is 2.06. The number of hydrogen-bond acceptors (Lipinski definition) is 3. The zero-order valence-corrected chi connectivity index (χ0v) is 9.31. The molecular weight excluding hydrogens is 224 g/mol. The Morgan fingerprint density at radius 1 is 1.36 bits per heavy atom. The summed E-state index contributed by atoms with van der Waals surface area (Å²) in [5.74, 6) is 0. The topological polar surface area (TPSA) is 43.4 Å². The molecule has 5 heteroatoms. The van der Waals surface area contributed by atoms with Gasteiger partial charge in [-0.3, -0.25) is 4.18 Å². The minimum absolute atomic E-state index is 0.128. The van der Waals surface area contributed by atoms with E-state index in [0.717, 1.165) is 11.8 Å². The molecule has 0 fully saturated rings. The van der Waals surface area contributed by atoms with E-state index in [2.05, 4.69) is 4.18 Å². The van der Waals surface area contributed by atoms with E-state index in [9.17, 15) is 8.42 Å². The summed E-state index contributed by atoms with van der Waals surface area (Å²) in [5.41, 5.74) is 0.887. The maximum atomic E-state index is 10.7. The molecule has 3 nitrogen and oxygen atoms in total. The van der Waals surface area contributed by atoms with Gasteiger partial charge in [0.25, 0.3) is 10.1 Å². The van der Waals surface area contributed by atoms with Gasteiger partial charge in [0.2, 0.25) is 0 Å². The van der Waals surface area contributed by atoms with Crippen LogP contribution in [0.25, 0.3) is 0 Å². The van der Waals surface area contributed by atoms with E-state index in [1.54, 1.807) is 6.07 Å². The molecule has 0 aliphatic rings. The fraction of sp³-hybridized carbons (Fsp3) is 0.333. The Labute approximate surface area is 88.8 Å². The normalized spacial score (nSPS) is 11.6. The zero-order chi connectivity index (χ0) is 10.6. The van der Waals surface area contributed by atoms with Crippen molar-refractivity contribution in [2.24, 2.45) is 0 Å². The number of hydrogen-bond donors (Lipinski definition) is 0. The Morgan fingerprint density at radius 2 is 2.00 bits per heavy atom. The van der Waals surface area contributed by atoms with Gasteiger partial charge >= 0.3 is 0 Å². The molecule has 1 aromatic rings. The third-order valence-electron chi connectivity index (χ3n) is 1.63. The standard InChI is InChI=1S/C9H11ClO3S/c1-14(11,12)13-7-6-8-4-2-3-5-9(8)10/h2-5H,6-7H2,1H3. The van der Waals surface area contributed by atoms with Crippen molar-refractivity contribution in [2.75, 3.05) is 12.9 Å². The highest BCUT2D eigenvalue weighted by Crippen LogP contribution is 2.15. The first-order chi connectivity index (χ1) is 6.49. The summed E-state index contributed by atoms with van der Waals surface area (Å²) < 4.78 is 25.9. The molecule has 0 unspecified atom stereocenters. The van der Waals surface area contributed by atoms with E-state index in [-0.39, 0.29) is 6.61 Å². The number of benzene rings is 1. The molecule has 0 aliphatic carbocycles. The molecule has 0 radical (unpaired) electrons. The van der Waals surface area contributed by atoms with Gasteiger partial charge in [-0.2, -0.15) is 8.42 Å². The Kier molecular flexibility index (Phi) is 3.92. The van der Waals surface area contributed by atoms with E-state index in [1.165, 1.54) is 0 Å². The Morgan fingerprint density at radius 3 is 2.57 bits per heavy atom. The predicted molar refractivity (Wildman–Crippen MR) is 56.0 cm³/mol. The summed E-state index contributed by atoms with van der Waals surface area (Å²) in [5, 5.41) is 0.629. The summed E-state index contributed by atoms with van der Waals surface area (Å²) >= 11 is 5.87. The molecule has 14 heavy (non-hydrogen) atoms. The number of halogens is 1. The van der Waals surface area contributed by atoms with Crippen LogP contribution in [0, 0.1) is 0 Å². The maximum absolute atomic E-state index is 10.7. The highest BCUT2D eigenvalue weighted by Gasteiger charge is 2.03. The van der Waals surface area contributed by atoms with Crippen LogP contribution < -0.4 is 0 Å². The first-order valence-electron chi connectivity index (χ1n) is 4.07. The molecule has 0 atom stereocenters. The first kappa shape index (κ1) is 11.5. The van der Waals surface area contributed by atoms with Crippen molar-refractivity contribution in [2.45, 2.75) is 6.42 Å². The van der Waals surface area contributed by atoms with Crippen molar-refractivity contribution in [3.05, 3.63) is 34.9 Å². The van der Waals surface area contributed by atoms with Crippen LogP contribution in [0.2, 0.25) is 5.02 Å². The lowest BCUT2D eigenvalue weighted by atomic mass is 10.2. The quantitative estimate of drug-likeness (QED) is 0.747. The van der Waals surface area contributed by atoms with Gasteiger partial charge in [-0.25, -0.2) is 0 Å². The highest BCUT2D eigenvalue weighted by molar-refractivity contribution is 7.85. The zero-order valence-electron chi connectivity index (χ0n) is 7.73. The van der Waals surface area contributed by atoms with Crippen LogP contribution in [0.15, 0.2) is 24.3 Å². The van der Waals surface area contributed by atoms with Gasteiger partial charge < -0.3 is 0 Å². The van der Waals surface area contributed by atoms with Crippen molar-refractivity contribution in [1.82, 2.24) is 0 Å². The van der Waals surface area contributed by atoms with Gasteiger partial charge in [-0.05, 0) is 18.1 Å². The van der Waals surface area contributed by atoms with Crippen molar-refractivity contribution >= 4 is 21.7 Å². The largest absolute Gasteiger partial charge is 0.270 e. The molecule has 1 aromatic carbocycles. The fourth-order valence-corrected chi connectivity index (χ4v) is 1.62. The smallest absolute Gasteiger partial charge is 0.264 e. The third kappa shape index (κ3) is 4.09. The first-order valence-corrected chi connectivity index (χ1v) is 6.26. The van der Waals surface area contributed by atoms with Gasteiger partial charge in [0.05, 0.1) is 12.9 Å². The van der Waals surface area contributed by atoms with Crippen LogP contribution in [-0.4, -0.2) is 21.3 Å². The molecule has 0 amide bonds. The van der Waals surface area contributed by atoms with Crippen molar-refractivity contribution in [3.63, 3.8) is 0 Å². The van der Waals surface area contributed by atoms with Crippen molar-refractivity contribution in [1.29, 1.82) is 0 Å². The van der Waals surface area contributed by atoms with Crippen LogP contribution in [0.1, 0.15) is 5.56 Å². The molecule has 0 saturated heterocycles. The van der Waals surface area contributed by atoms with Gasteiger partial charge in [-0.1, -0.05) is 29.8 Å². The Bertz CT molecular complexity index is 400. The van der Waals surface area contributed by atoms with Crippen molar-refractivity contribution < 1.29 is 12.6 Å². The second-order valence-corrected chi connectivity index (χ2v) is 4.92. The Balaban J connectivity index is 2.51. The van der Waals surface area contributed by atoms with E-state index in [1.807, 2.05) is 18.2 Å². The molecule has 0 spiro atoms. The minimum Gasteiger partial charge on any atom is -0.270 e. The monoisotopic (exact) mass is 234 g/mol. The summed E-state index contributed by atoms with van der Waals surface area (Å²) in [4.78, 5) is 0. The van der Waals surface area contributed by atoms with Gasteiger partial charge in [-0.15, -0.1) is 0 Å². The summed E-state index contributed by atoms with van der Waals surface area (Å²) in [7, 11) is -3.35. The molecule has 0 heterocycles. The lowest BCUT2D eigenvalue weighted by molar-refractivity contribution is 0.326. The number of rotatable bonds is 4. The summed E-state index contributed by atoms with van der Waals surface area (Å²) in [6.07, 6.45) is 1.52. The van der Waals surface area contributed by atoms with E-state index in [0.29, 0.717) is 11.4 Å².